The van der Waals surface area contributed by atoms with Gasteiger partial charge in [0.15, 0.2) is 0 Å². The molecule has 0 bridgehead atoms. The zero-order valence-corrected chi connectivity index (χ0v) is 11.1. The molecule has 0 spiro atoms. The van der Waals surface area contributed by atoms with Gasteiger partial charge in [0, 0.05) is 31.7 Å². The van der Waals surface area contributed by atoms with Crippen molar-refractivity contribution in [2.75, 3.05) is 36.8 Å². The number of nitrogens with one attached hydrogen (secondary N) is 1. The smallest absolute Gasteiger partial charge is 0.260 e. The van der Waals surface area contributed by atoms with Crippen LogP contribution in [0.2, 0.25) is 0 Å². The van der Waals surface area contributed by atoms with Crippen LogP contribution in [-0.2, 0) is 0 Å². The fourth-order valence-electron chi connectivity index (χ4n) is 2.50. The first-order valence-corrected chi connectivity index (χ1v) is 7.17. The number of carbonyl (C=O) groups is 1. The van der Waals surface area contributed by atoms with Crippen molar-refractivity contribution >= 4 is 27.9 Å². The number of amides is 1. The summed E-state index contributed by atoms with van der Waals surface area (Å²) in [7, 11) is 0. The molecule has 1 saturated heterocycles. The summed E-state index contributed by atoms with van der Waals surface area (Å²) in [5.74, 6) is 0.139. The van der Waals surface area contributed by atoms with Crippen LogP contribution in [0, 0.1) is 0 Å². The van der Waals surface area contributed by atoms with E-state index in [0.717, 1.165) is 26.2 Å². The summed E-state index contributed by atoms with van der Waals surface area (Å²) in [6, 6.07) is 0. The molecular weight excluding hydrogens is 248 g/mol. The predicted octanol–water partition coefficient (Wildman–Crippen LogP) is 0.716. The van der Waals surface area contributed by atoms with Crippen LogP contribution in [0.5, 0.6) is 0 Å². The summed E-state index contributed by atoms with van der Waals surface area (Å²) in [4.78, 5) is 14.3. The molecule has 0 atom stereocenters. The molecule has 0 aromatic carbocycles. The fourth-order valence-corrected chi connectivity index (χ4v) is 3.71. The molecule has 0 radical (unpaired) electrons. The average molecular weight is 266 g/mol. The maximum absolute atomic E-state index is 11.4. The van der Waals surface area contributed by atoms with Crippen molar-refractivity contribution in [2.45, 2.75) is 18.8 Å². The van der Waals surface area contributed by atoms with Crippen molar-refractivity contribution < 1.29 is 4.79 Å². The van der Waals surface area contributed by atoms with Crippen molar-refractivity contribution in [3.63, 3.8) is 0 Å². The summed E-state index contributed by atoms with van der Waals surface area (Å²) in [5.41, 5.74) is 13.3. The second-order valence-corrected chi connectivity index (χ2v) is 5.94. The van der Waals surface area contributed by atoms with Crippen molar-refractivity contribution in [1.29, 1.82) is 0 Å². The average Bonchev–Trinajstić information content (AvgIpc) is 3.14. The van der Waals surface area contributed by atoms with Gasteiger partial charge < -0.3 is 21.7 Å². The van der Waals surface area contributed by atoms with Gasteiger partial charge in [-0.3, -0.25) is 4.79 Å². The molecule has 18 heavy (non-hydrogen) atoms. The molecule has 6 heteroatoms. The van der Waals surface area contributed by atoms with E-state index in [1.165, 1.54) is 34.7 Å². The second-order valence-electron chi connectivity index (χ2n) is 4.94. The normalized spacial score (nSPS) is 20.1. The lowest BCUT2D eigenvalue weighted by Crippen LogP contribution is -2.43. The first kappa shape index (κ1) is 11.8. The number of primary amides is 1. The lowest BCUT2D eigenvalue weighted by molar-refractivity contribution is 0.100. The van der Waals surface area contributed by atoms with Crippen LogP contribution in [0.3, 0.4) is 0 Å². The Bertz CT molecular complexity index is 475. The standard InChI is InChI=1S/C12H18N4OS/c13-9-8(7-1-2-7)12(18-10(9)11(14)17)16-5-3-15-4-6-16/h7,15H,1-6,13H2,(H2,14,17). The van der Waals surface area contributed by atoms with E-state index in [0.29, 0.717) is 16.5 Å². The predicted molar refractivity (Wildman–Crippen MR) is 74.3 cm³/mol. The number of nitrogens with zero attached hydrogens (tertiary/aromatic N) is 1. The molecular formula is C12H18N4OS. The zero-order chi connectivity index (χ0) is 12.7. The molecule has 5 nitrogen and oxygen atoms in total. The number of nitrogen functional groups attached to an aromatic ring is 1. The second kappa shape index (κ2) is 4.44. The number of hydrogen-bond donors (Lipinski definition) is 3. The lowest BCUT2D eigenvalue weighted by Gasteiger charge is -2.29. The molecule has 2 fully saturated rings. The monoisotopic (exact) mass is 266 g/mol. The van der Waals surface area contributed by atoms with Crippen LogP contribution in [-0.4, -0.2) is 32.1 Å². The number of hydrogen-bond acceptors (Lipinski definition) is 5. The Morgan fingerprint density at radius 1 is 1.33 bits per heavy atom. The van der Waals surface area contributed by atoms with Crippen molar-refractivity contribution in [3.05, 3.63) is 10.4 Å². The minimum Gasteiger partial charge on any atom is -0.397 e. The molecule has 1 aromatic rings. The minimum atomic E-state index is -0.402. The molecule has 5 N–H and O–H groups in total. The van der Waals surface area contributed by atoms with Gasteiger partial charge in [0.25, 0.3) is 5.91 Å². The van der Waals surface area contributed by atoms with E-state index in [9.17, 15) is 4.79 Å². The molecule has 0 unspecified atom stereocenters. The van der Waals surface area contributed by atoms with E-state index >= 15 is 0 Å². The fraction of sp³-hybridized carbons (Fsp3) is 0.583. The Labute approximate surface area is 110 Å². The SMILES string of the molecule is NC(=O)c1sc(N2CCNCC2)c(C2CC2)c1N. The molecule has 1 aliphatic carbocycles. The zero-order valence-electron chi connectivity index (χ0n) is 10.2. The third-order valence-electron chi connectivity index (χ3n) is 3.58. The Hall–Kier alpha value is -1.27. The Balaban J connectivity index is 2.00. The summed E-state index contributed by atoms with van der Waals surface area (Å²) in [5, 5.41) is 4.50. The van der Waals surface area contributed by atoms with E-state index in [1.807, 2.05) is 0 Å². The molecule has 2 aliphatic rings. The van der Waals surface area contributed by atoms with E-state index in [2.05, 4.69) is 10.2 Å². The highest BCUT2D eigenvalue weighted by Gasteiger charge is 2.34. The molecule has 98 valence electrons. The van der Waals surface area contributed by atoms with Crippen molar-refractivity contribution in [3.8, 4) is 0 Å². The number of thiophene rings is 1. The van der Waals surface area contributed by atoms with Gasteiger partial charge in [0.05, 0.1) is 10.7 Å². The van der Waals surface area contributed by atoms with Gasteiger partial charge in [-0.25, -0.2) is 0 Å². The van der Waals surface area contributed by atoms with E-state index in [4.69, 9.17) is 11.5 Å². The van der Waals surface area contributed by atoms with Gasteiger partial charge in [-0.15, -0.1) is 11.3 Å². The minimum absolute atomic E-state index is 0.402. The van der Waals surface area contributed by atoms with Gasteiger partial charge in [-0.05, 0) is 18.8 Å². The summed E-state index contributed by atoms with van der Waals surface area (Å²) >= 11 is 1.47. The number of rotatable bonds is 3. The van der Waals surface area contributed by atoms with Gasteiger partial charge in [0.2, 0.25) is 0 Å². The lowest BCUT2D eigenvalue weighted by atomic mass is 10.1. The molecule has 2 heterocycles. The number of anilines is 2. The van der Waals surface area contributed by atoms with E-state index in [1.54, 1.807) is 0 Å². The number of nitrogens with two attached hydrogens (primary N) is 2. The summed E-state index contributed by atoms with van der Waals surface area (Å²) in [6.07, 6.45) is 2.36. The maximum Gasteiger partial charge on any atom is 0.260 e. The van der Waals surface area contributed by atoms with Crippen molar-refractivity contribution in [1.82, 2.24) is 5.32 Å². The molecule has 3 rings (SSSR count). The van der Waals surface area contributed by atoms with Crippen LogP contribution >= 0.6 is 11.3 Å². The Kier molecular flexibility index (Phi) is 2.91. The highest BCUT2D eigenvalue weighted by molar-refractivity contribution is 7.18. The van der Waals surface area contributed by atoms with Crippen LogP contribution in [0.25, 0.3) is 0 Å². The first-order valence-electron chi connectivity index (χ1n) is 6.36. The van der Waals surface area contributed by atoms with E-state index < -0.39 is 5.91 Å². The Morgan fingerprint density at radius 2 is 2.00 bits per heavy atom. The third-order valence-corrected chi connectivity index (χ3v) is 4.87. The largest absolute Gasteiger partial charge is 0.397 e. The molecule has 1 aromatic heterocycles. The summed E-state index contributed by atoms with van der Waals surface area (Å²) < 4.78 is 0. The van der Waals surface area contributed by atoms with Gasteiger partial charge >= 0.3 is 0 Å². The highest BCUT2D eigenvalue weighted by Crippen LogP contribution is 2.51. The van der Waals surface area contributed by atoms with Crippen LogP contribution in [0.4, 0.5) is 10.7 Å². The van der Waals surface area contributed by atoms with Gasteiger partial charge in [-0.2, -0.15) is 0 Å². The topological polar surface area (TPSA) is 84.4 Å². The van der Waals surface area contributed by atoms with E-state index in [-0.39, 0.29) is 0 Å². The van der Waals surface area contributed by atoms with Crippen LogP contribution in [0.1, 0.15) is 34.0 Å². The maximum atomic E-state index is 11.4. The van der Waals surface area contributed by atoms with Crippen molar-refractivity contribution in [2.24, 2.45) is 5.73 Å². The molecule has 1 aliphatic heterocycles. The van der Waals surface area contributed by atoms with Gasteiger partial charge in [-0.1, -0.05) is 0 Å². The molecule has 1 amide bonds. The molecule has 1 saturated carbocycles. The van der Waals surface area contributed by atoms with Crippen LogP contribution < -0.4 is 21.7 Å². The highest BCUT2D eigenvalue weighted by atomic mass is 32.1. The Morgan fingerprint density at radius 3 is 2.56 bits per heavy atom. The quantitative estimate of drug-likeness (QED) is 0.752. The van der Waals surface area contributed by atoms with Crippen LogP contribution in [0.15, 0.2) is 0 Å². The first-order chi connectivity index (χ1) is 8.68. The third kappa shape index (κ3) is 1.95. The number of piperazine rings is 1. The summed E-state index contributed by atoms with van der Waals surface area (Å²) in [6.45, 7) is 3.90. The number of carbonyl (C=O) groups excluding carboxylic acids is 1. The van der Waals surface area contributed by atoms with Gasteiger partial charge in [0.1, 0.15) is 4.88 Å².